The van der Waals surface area contributed by atoms with Gasteiger partial charge in [0.15, 0.2) is 0 Å². The molecule has 1 aromatic carbocycles. The molecule has 1 aromatic heterocycles. The first-order valence-electron chi connectivity index (χ1n) is 7.05. The second kappa shape index (κ2) is 5.26. The Labute approximate surface area is 128 Å². The monoisotopic (exact) mass is 296 g/mol. The maximum Gasteiger partial charge on any atom is 0.307 e. The maximum atomic E-state index is 12.4. The number of aryl methyl sites for hydroxylation is 2. The number of aromatic nitrogens is 1. The SMILES string of the molecule is Cc1cnc2c(c1)C(=O)Nc1ccc(C)c(c1CC(=O)O)C2. The van der Waals surface area contributed by atoms with Crippen molar-refractivity contribution in [3.05, 3.63) is 57.9 Å². The standard InChI is InChI=1S/C17H16N2O3/c1-9-5-13-15(18-8-9)6-11-10(2)3-4-14(19-17(13)22)12(11)7-16(20)21/h3-5,8H,6-7H2,1-2H3,(H,19,22)(H,20,21). The van der Waals surface area contributed by atoms with Gasteiger partial charge in [-0.05, 0) is 48.2 Å². The highest BCUT2D eigenvalue weighted by Gasteiger charge is 2.23. The molecule has 1 aliphatic rings. The van der Waals surface area contributed by atoms with Crippen LogP contribution in [0.2, 0.25) is 0 Å². The zero-order chi connectivity index (χ0) is 15.9. The van der Waals surface area contributed by atoms with Crippen LogP contribution in [0.15, 0.2) is 24.4 Å². The summed E-state index contributed by atoms with van der Waals surface area (Å²) in [6, 6.07) is 5.48. The second-order valence-corrected chi connectivity index (χ2v) is 5.60. The van der Waals surface area contributed by atoms with Gasteiger partial charge >= 0.3 is 5.97 Å². The topological polar surface area (TPSA) is 79.3 Å². The Balaban J connectivity index is 2.22. The molecule has 0 aliphatic carbocycles. The number of nitrogens with zero attached hydrogens (tertiary/aromatic N) is 1. The molecule has 112 valence electrons. The zero-order valence-electron chi connectivity index (χ0n) is 12.4. The van der Waals surface area contributed by atoms with Crippen LogP contribution in [-0.2, 0) is 17.6 Å². The lowest BCUT2D eigenvalue weighted by Gasteiger charge is -2.21. The summed E-state index contributed by atoms with van der Waals surface area (Å²) in [4.78, 5) is 28.0. The molecule has 0 spiro atoms. The number of anilines is 1. The summed E-state index contributed by atoms with van der Waals surface area (Å²) < 4.78 is 0. The quantitative estimate of drug-likeness (QED) is 0.892. The van der Waals surface area contributed by atoms with Crippen LogP contribution in [-0.4, -0.2) is 22.0 Å². The number of hydrogen-bond acceptors (Lipinski definition) is 3. The molecule has 0 radical (unpaired) electrons. The molecule has 2 bridgehead atoms. The van der Waals surface area contributed by atoms with Gasteiger partial charge in [0, 0.05) is 18.3 Å². The fraction of sp³-hybridized carbons (Fsp3) is 0.235. The van der Waals surface area contributed by atoms with E-state index < -0.39 is 5.97 Å². The Morgan fingerprint density at radius 1 is 1.36 bits per heavy atom. The number of fused-ring (bicyclic) bond motifs is 3. The molecular weight excluding hydrogens is 280 g/mol. The summed E-state index contributed by atoms with van der Waals surface area (Å²) in [6.45, 7) is 3.83. The molecule has 5 heteroatoms. The first kappa shape index (κ1) is 14.3. The van der Waals surface area contributed by atoms with Gasteiger partial charge in [0.05, 0.1) is 17.7 Å². The van der Waals surface area contributed by atoms with Gasteiger partial charge in [0.2, 0.25) is 0 Å². The summed E-state index contributed by atoms with van der Waals surface area (Å²) in [5.41, 5.74) is 5.30. The molecule has 0 saturated carbocycles. The molecule has 2 N–H and O–H groups in total. The van der Waals surface area contributed by atoms with Crippen molar-refractivity contribution in [2.24, 2.45) is 0 Å². The smallest absolute Gasteiger partial charge is 0.307 e. The fourth-order valence-electron chi connectivity index (χ4n) is 2.82. The molecule has 2 aromatic rings. The average Bonchev–Trinajstić information content (AvgIpc) is 2.45. The number of hydrogen-bond donors (Lipinski definition) is 2. The van der Waals surface area contributed by atoms with Gasteiger partial charge in [0.1, 0.15) is 0 Å². The summed E-state index contributed by atoms with van der Waals surface area (Å²) >= 11 is 0. The minimum atomic E-state index is -0.917. The molecule has 2 heterocycles. The lowest BCUT2D eigenvalue weighted by Crippen LogP contribution is -2.21. The van der Waals surface area contributed by atoms with Gasteiger partial charge in [-0.15, -0.1) is 0 Å². The number of nitrogens with one attached hydrogen (secondary N) is 1. The van der Waals surface area contributed by atoms with Crippen LogP contribution in [0.25, 0.3) is 0 Å². The van der Waals surface area contributed by atoms with Gasteiger partial charge in [-0.25, -0.2) is 0 Å². The van der Waals surface area contributed by atoms with Crippen molar-refractivity contribution in [2.45, 2.75) is 26.7 Å². The molecular formula is C17H16N2O3. The number of rotatable bonds is 2. The Kier molecular flexibility index (Phi) is 3.41. The number of pyridine rings is 1. The van der Waals surface area contributed by atoms with Crippen molar-refractivity contribution in [3.63, 3.8) is 0 Å². The third-order valence-electron chi connectivity index (χ3n) is 3.94. The number of carbonyl (C=O) groups is 2. The van der Waals surface area contributed by atoms with E-state index in [1.165, 1.54) is 0 Å². The summed E-state index contributed by atoms with van der Waals surface area (Å²) in [7, 11) is 0. The van der Waals surface area contributed by atoms with Crippen molar-refractivity contribution in [1.82, 2.24) is 4.98 Å². The van der Waals surface area contributed by atoms with Crippen LogP contribution in [0.1, 0.15) is 38.3 Å². The number of amides is 1. The normalized spacial score (nSPS) is 12.9. The first-order chi connectivity index (χ1) is 10.5. The Morgan fingerprint density at radius 3 is 2.86 bits per heavy atom. The van der Waals surface area contributed by atoms with E-state index in [1.807, 2.05) is 26.0 Å². The van der Waals surface area contributed by atoms with E-state index >= 15 is 0 Å². The minimum Gasteiger partial charge on any atom is -0.481 e. The number of carbonyl (C=O) groups excluding carboxylic acids is 1. The molecule has 0 atom stereocenters. The minimum absolute atomic E-state index is 0.117. The van der Waals surface area contributed by atoms with Crippen LogP contribution in [0.4, 0.5) is 5.69 Å². The second-order valence-electron chi connectivity index (χ2n) is 5.60. The molecule has 22 heavy (non-hydrogen) atoms. The Morgan fingerprint density at radius 2 is 2.14 bits per heavy atom. The predicted octanol–water partition coefficient (Wildman–Crippen LogP) is 2.48. The van der Waals surface area contributed by atoms with Gasteiger partial charge in [-0.2, -0.15) is 0 Å². The van der Waals surface area contributed by atoms with Crippen LogP contribution in [0.5, 0.6) is 0 Å². The molecule has 5 nitrogen and oxygen atoms in total. The van der Waals surface area contributed by atoms with Crippen molar-refractivity contribution in [2.75, 3.05) is 5.32 Å². The Bertz CT molecular complexity index is 797. The van der Waals surface area contributed by atoms with Crippen LogP contribution < -0.4 is 5.32 Å². The highest BCUT2D eigenvalue weighted by molar-refractivity contribution is 6.06. The first-order valence-corrected chi connectivity index (χ1v) is 7.05. The van der Waals surface area contributed by atoms with E-state index in [2.05, 4.69) is 10.3 Å². The predicted molar refractivity (Wildman–Crippen MR) is 82.3 cm³/mol. The highest BCUT2D eigenvalue weighted by atomic mass is 16.4. The van der Waals surface area contributed by atoms with Crippen molar-refractivity contribution < 1.29 is 14.7 Å². The van der Waals surface area contributed by atoms with Gasteiger partial charge < -0.3 is 10.4 Å². The average molecular weight is 296 g/mol. The molecule has 0 fully saturated rings. The maximum absolute atomic E-state index is 12.4. The van der Waals surface area contributed by atoms with Crippen molar-refractivity contribution in [1.29, 1.82) is 0 Å². The molecule has 0 saturated heterocycles. The lowest BCUT2D eigenvalue weighted by molar-refractivity contribution is -0.136. The van der Waals surface area contributed by atoms with E-state index in [4.69, 9.17) is 5.11 Å². The van der Waals surface area contributed by atoms with Crippen molar-refractivity contribution >= 4 is 17.6 Å². The summed E-state index contributed by atoms with van der Waals surface area (Å²) in [6.07, 6.45) is 2.07. The van der Waals surface area contributed by atoms with Crippen molar-refractivity contribution in [3.8, 4) is 0 Å². The Hall–Kier alpha value is -2.69. The van der Waals surface area contributed by atoms with Gasteiger partial charge in [-0.3, -0.25) is 14.6 Å². The van der Waals surface area contributed by atoms with Gasteiger partial charge in [0.25, 0.3) is 5.91 Å². The third-order valence-corrected chi connectivity index (χ3v) is 3.94. The van der Waals surface area contributed by atoms with Crippen LogP contribution in [0.3, 0.4) is 0 Å². The zero-order valence-corrected chi connectivity index (χ0v) is 12.4. The summed E-state index contributed by atoms with van der Waals surface area (Å²) in [5, 5.41) is 12.0. The number of benzene rings is 1. The van der Waals surface area contributed by atoms with Crippen LogP contribution >= 0.6 is 0 Å². The highest BCUT2D eigenvalue weighted by Crippen LogP contribution is 2.30. The fourth-order valence-corrected chi connectivity index (χ4v) is 2.82. The molecule has 0 unspecified atom stereocenters. The number of carboxylic acids is 1. The lowest BCUT2D eigenvalue weighted by atomic mass is 9.90. The van der Waals surface area contributed by atoms with E-state index in [1.54, 1.807) is 12.3 Å². The molecule has 1 amide bonds. The van der Waals surface area contributed by atoms with E-state index in [-0.39, 0.29) is 12.3 Å². The number of aliphatic carboxylic acids is 1. The van der Waals surface area contributed by atoms with Crippen LogP contribution in [0, 0.1) is 13.8 Å². The molecule has 1 aliphatic heterocycles. The molecule has 3 rings (SSSR count). The third kappa shape index (κ3) is 2.45. The number of carboxylic acid groups (broad SMARTS) is 1. The summed E-state index contributed by atoms with van der Waals surface area (Å²) in [5.74, 6) is -1.16. The van der Waals surface area contributed by atoms with E-state index in [0.29, 0.717) is 28.9 Å². The van der Waals surface area contributed by atoms with E-state index in [0.717, 1.165) is 16.7 Å². The van der Waals surface area contributed by atoms with Gasteiger partial charge in [-0.1, -0.05) is 6.07 Å². The largest absolute Gasteiger partial charge is 0.481 e. The van der Waals surface area contributed by atoms with E-state index in [9.17, 15) is 9.59 Å².